The van der Waals surface area contributed by atoms with Crippen LogP contribution in [0.4, 0.5) is 5.69 Å². The molecule has 1 N–H and O–H groups in total. The number of para-hydroxylation sites is 1. The van der Waals surface area contributed by atoms with Crippen molar-refractivity contribution in [3.05, 3.63) is 62.1 Å². The second kappa shape index (κ2) is 8.54. The Kier molecular flexibility index (Phi) is 6.07. The number of carbonyl (C=O) groups is 1. The average molecular weight is 525 g/mol. The number of fused-ring (bicyclic) bond motifs is 4. The van der Waals surface area contributed by atoms with Gasteiger partial charge in [-0.15, -0.1) is 0 Å². The molecule has 0 radical (unpaired) electrons. The van der Waals surface area contributed by atoms with Crippen LogP contribution < -0.4 is 10.9 Å². The molecule has 1 fully saturated rings. The van der Waals surface area contributed by atoms with E-state index in [0.717, 1.165) is 45.3 Å². The first-order valence-corrected chi connectivity index (χ1v) is 11.6. The summed E-state index contributed by atoms with van der Waals surface area (Å²) in [5, 5.41) is 2.94. The largest absolute Gasteiger partial charge is 0.356 e. The van der Waals surface area contributed by atoms with Crippen molar-refractivity contribution in [1.29, 1.82) is 0 Å². The lowest BCUT2D eigenvalue weighted by molar-refractivity contribution is -0.113. The Morgan fingerprint density at radius 2 is 2.00 bits per heavy atom. The molecule has 0 aliphatic carbocycles. The van der Waals surface area contributed by atoms with Crippen LogP contribution in [0.15, 0.2) is 47.3 Å². The number of carbonyl (C=O) groups excluding carboxylic acids is 1. The number of likely N-dealkylation sites (tertiary alicyclic amines) is 1. The molecule has 2 aliphatic rings. The van der Waals surface area contributed by atoms with Gasteiger partial charge in [-0.25, -0.2) is 0 Å². The number of piperidine rings is 1. The summed E-state index contributed by atoms with van der Waals surface area (Å²) < 4.78 is 3.69. The number of halogens is 1. The van der Waals surface area contributed by atoms with Gasteiger partial charge in [-0.05, 0) is 53.1 Å². The summed E-state index contributed by atoms with van der Waals surface area (Å²) in [4.78, 5) is 26.6. The Balaban J connectivity index is 1.36. The van der Waals surface area contributed by atoms with E-state index in [-0.39, 0.29) is 11.5 Å². The van der Waals surface area contributed by atoms with E-state index in [9.17, 15) is 9.59 Å². The van der Waals surface area contributed by atoms with Gasteiger partial charge in [0.1, 0.15) is 4.32 Å². The Morgan fingerprint density at radius 3 is 2.82 bits per heavy atom. The van der Waals surface area contributed by atoms with Crippen LogP contribution in [0.5, 0.6) is 0 Å². The lowest BCUT2D eigenvalue weighted by Crippen LogP contribution is -2.48. The SMILES string of the molecule is O=C(CSC(=S)N1CC2CC(C1)c1cccc(=O)n1C2)Nc1ccccc1I. The molecule has 0 spiro atoms. The smallest absolute Gasteiger partial charge is 0.250 e. The van der Waals surface area contributed by atoms with Gasteiger partial charge < -0.3 is 14.8 Å². The number of nitrogens with one attached hydrogen (secondary N) is 1. The molecule has 2 aliphatic heterocycles. The summed E-state index contributed by atoms with van der Waals surface area (Å²) in [7, 11) is 0. The van der Waals surface area contributed by atoms with Crippen molar-refractivity contribution in [2.45, 2.75) is 18.9 Å². The fourth-order valence-electron chi connectivity index (χ4n) is 4.01. The Labute approximate surface area is 187 Å². The van der Waals surface area contributed by atoms with Crippen molar-refractivity contribution in [1.82, 2.24) is 9.47 Å². The van der Waals surface area contributed by atoms with E-state index >= 15 is 0 Å². The quantitative estimate of drug-likeness (QED) is 0.491. The third kappa shape index (κ3) is 4.28. The normalized spacial score (nSPS) is 20.4. The Bertz CT molecular complexity index is 978. The van der Waals surface area contributed by atoms with E-state index in [2.05, 4.69) is 38.9 Å². The van der Waals surface area contributed by atoms with Gasteiger partial charge in [-0.1, -0.05) is 42.2 Å². The highest BCUT2D eigenvalue weighted by atomic mass is 127. The number of hydrogen-bond donors (Lipinski definition) is 1. The minimum Gasteiger partial charge on any atom is -0.356 e. The number of anilines is 1. The molecule has 1 amide bonds. The van der Waals surface area contributed by atoms with Crippen LogP contribution in [-0.2, 0) is 11.3 Å². The predicted octanol–water partition coefficient (Wildman–Crippen LogP) is 3.53. The van der Waals surface area contributed by atoms with Crippen molar-refractivity contribution in [3.63, 3.8) is 0 Å². The topological polar surface area (TPSA) is 54.3 Å². The number of nitrogens with zero attached hydrogens (tertiary/aromatic N) is 2. The van der Waals surface area contributed by atoms with Gasteiger partial charge in [0.2, 0.25) is 5.91 Å². The number of aromatic nitrogens is 1. The van der Waals surface area contributed by atoms with Gasteiger partial charge in [-0.2, -0.15) is 0 Å². The molecule has 4 rings (SSSR count). The maximum Gasteiger partial charge on any atom is 0.250 e. The highest BCUT2D eigenvalue weighted by Gasteiger charge is 2.35. The number of thioether (sulfide) groups is 1. The van der Waals surface area contributed by atoms with Crippen molar-refractivity contribution in [3.8, 4) is 0 Å². The van der Waals surface area contributed by atoms with Gasteiger partial charge in [-0.3, -0.25) is 9.59 Å². The molecule has 1 aromatic carbocycles. The Morgan fingerprint density at radius 1 is 1.18 bits per heavy atom. The standard InChI is InChI=1S/C20H20IN3O2S2/c21-15-4-1-2-5-16(15)22-18(25)12-28-20(27)23-9-13-8-14(11-23)17-6-3-7-19(26)24(17)10-13/h1-7,13-14H,8-12H2,(H,22,25). The van der Waals surface area contributed by atoms with Gasteiger partial charge in [0, 0.05) is 40.9 Å². The van der Waals surface area contributed by atoms with Gasteiger partial charge >= 0.3 is 0 Å². The molecule has 2 aromatic rings. The molecular formula is C20H20IN3O2S2. The summed E-state index contributed by atoms with van der Waals surface area (Å²) in [6, 6.07) is 13.2. The van der Waals surface area contributed by atoms with Crippen LogP contribution in [0.1, 0.15) is 18.0 Å². The highest BCUT2D eigenvalue weighted by Crippen LogP contribution is 2.36. The fourth-order valence-corrected chi connectivity index (χ4v) is 5.52. The summed E-state index contributed by atoms with van der Waals surface area (Å²) in [5.41, 5.74) is 2.02. The van der Waals surface area contributed by atoms with Crippen LogP contribution in [0.25, 0.3) is 0 Å². The van der Waals surface area contributed by atoms with Crippen molar-refractivity contribution >= 4 is 62.5 Å². The van der Waals surface area contributed by atoms with E-state index in [1.807, 2.05) is 34.9 Å². The number of amides is 1. The van der Waals surface area contributed by atoms with Crippen LogP contribution in [0, 0.1) is 9.49 Å². The van der Waals surface area contributed by atoms with E-state index in [1.165, 1.54) is 11.8 Å². The molecule has 2 bridgehead atoms. The molecule has 146 valence electrons. The minimum atomic E-state index is -0.0504. The van der Waals surface area contributed by atoms with Crippen LogP contribution in [0.3, 0.4) is 0 Å². The van der Waals surface area contributed by atoms with Crippen LogP contribution in [-0.4, -0.2) is 38.5 Å². The van der Waals surface area contributed by atoms with Crippen molar-refractivity contribution < 1.29 is 4.79 Å². The molecule has 28 heavy (non-hydrogen) atoms. The zero-order valence-electron chi connectivity index (χ0n) is 15.1. The molecule has 0 saturated carbocycles. The molecule has 1 aromatic heterocycles. The van der Waals surface area contributed by atoms with Gasteiger partial charge in [0.15, 0.2) is 0 Å². The maximum absolute atomic E-state index is 12.3. The molecular weight excluding hydrogens is 505 g/mol. The number of pyridine rings is 1. The highest BCUT2D eigenvalue weighted by molar-refractivity contribution is 14.1. The lowest BCUT2D eigenvalue weighted by atomic mass is 9.83. The molecule has 1 saturated heterocycles. The van der Waals surface area contributed by atoms with Crippen LogP contribution >= 0.6 is 46.6 Å². The number of rotatable bonds is 3. The zero-order chi connectivity index (χ0) is 19.7. The van der Waals surface area contributed by atoms with E-state index in [4.69, 9.17) is 12.2 Å². The third-order valence-corrected chi connectivity index (χ3v) is 7.68. The minimum absolute atomic E-state index is 0.0504. The van der Waals surface area contributed by atoms with E-state index < -0.39 is 0 Å². The predicted molar refractivity (Wildman–Crippen MR) is 126 cm³/mol. The first kappa shape index (κ1) is 19.9. The van der Waals surface area contributed by atoms with Gasteiger partial charge in [0.05, 0.1) is 11.4 Å². The van der Waals surface area contributed by atoms with E-state index in [0.29, 0.717) is 17.6 Å². The number of hydrogen-bond acceptors (Lipinski definition) is 4. The summed E-state index contributed by atoms with van der Waals surface area (Å²) >= 11 is 9.25. The number of benzene rings is 1. The first-order valence-electron chi connectivity index (χ1n) is 9.17. The summed E-state index contributed by atoms with van der Waals surface area (Å²) in [6.45, 7) is 2.41. The average Bonchev–Trinajstić information content (AvgIpc) is 2.68. The molecule has 2 unspecified atom stereocenters. The lowest BCUT2D eigenvalue weighted by Gasteiger charge is -2.43. The second-order valence-corrected chi connectivity index (χ2v) is 9.96. The van der Waals surface area contributed by atoms with Crippen molar-refractivity contribution in [2.24, 2.45) is 5.92 Å². The fraction of sp³-hybridized carbons (Fsp3) is 0.350. The molecule has 2 atom stereocenters. The monoisotopic (exact) mass is 525 g/mol. The summed E-state index contributed by atoms with van der Waals surface area (Å²) in [6.07, 6.45) is 1.10. The van der Waals surface area contributed by atoms with Gasteiger partial charge in [0.25, 0.3) is 5.56 Å². The van der Waals surface area contributed by atoms with Crippen LogP contribution in [0.2, 0.25) is 0 Å². The molecule has 8 heteroatoms. The third-order valence-electron chi connectivity index (χ3n) is 5.21. The Hall–Kier alpha value is -1.39. The maximum atomic E-state index is 12.3. The van der Waals surface area contributed by atoms with E-state index in [1.54, 1.807) is 6.07 Å². The second-order valence-electron chi connectivity index (χ2n) is 7.19. The zero-order valence-corrected chi connectivity index (χ0v) is 18.9. The number of thiocarbonyl (C=S) groups is 1. The molecule has 5 nitrogen and oxygen atoms in total. The van der Waals surface area contributed by atoms with Crippen molar-refractivity contribution in [2.75, 3.05) is 24.2 Å². The molecule has 3 heterocycles. The first-order chi connectivity index (χ1) is 13.5. The summed E-state index contributed by atoms with van der Waals surface area (Å²) in [5.74, 6) is 0.987.